The molecule has 144 valence electrons. The first-order chi connectivity index (χ1) is 13.8. The van der Waals surface area contributed by atoms with Gasteiger partial charge in [0.1, 0.15) is 5.65 Å². The molecule has 0 saturated carbocycles. The molecule has 4 rings (SSSR count). The molecule has 0 fully saturated rings. The molecule has 29 heavy (non-hydrogen) atoms. The molecule has 0 aliphatic heterocycles. The monoisotopic (exact) mass is 407 g/mol. The van der Waals surface area contributed by atoms with Crippen LogP contribution < -0.4 is 0 Å². The van der Waals surface area contributed by atoms with Gasteiger partial charge in [-0.3, -0.25) is 24.6 Å². The summed E-state index contributed by atoms with van der Waals surface area (Å²) in [6.07, 6.45) is 3.34. The Morgan fingerprint density at radius 2 is 1.76 bits per heavy atom. The number of fused-ring (bicyclic) bond motifs is 1. The highest BCUT2D eigenvalue weighted by molar-refractivity contribution is 7.71. The highest BCUT2D eigenvalue weighted by Gasteiger charge is 2.15. The van der Waals surface area contributed by atoms with Gasteiger partial charge >= 0.3 is 0 Å². The second-order valence-corrected chi connectivity index (χ2v) is 6.77. The normalized spacial score (nSPS) is 10.9. The zero-order valence-corrected chi connectivity index (χ0v) is 15.8. The number of nitro groups is 2. The molecule has 2 heterocycles. The van der Waals surface area contributed by atoms with Gasteiger partial charge in [-0.2, -0.15) is 0 Å². The Balaban J connectivity index is 1.91. The molecule has 0 unspecified atom stereocenters. The van der Waals surface area contributed by atoms with E-state index in [1.807, 2.05) is 0 Å². The molecule has 1 N–H and O–H groups in total. The number of nitro benzene ring substituents is 2. The average Bonchev–Trinajstić information content (AvgIpc) is 3.15. The molecule has 10 heteroatoms. The van der Waals surface area contributed by atoms with Crippen LogP contribution in [0, 0.1) is 31.9 Å². The summed E-state index contributed by atoms with van der Waals surface area (Å²) in [6.45, 7) is 1.78. The van der Waals surface area contributed by atoms with E-state index in [0.717, 1.165) is 5.56 Å². The van der Waals surface area contributed by atoms with Crippen molar-refractivity contribution in [1.29, 1.82) is 0 Å². The quantitative estimate of drug-likeness (QED) is 0.293. The molecular weight excluding hydrogens is 394 g/mol. The van der Waals surface area contributed by atoms with E-state index in [2.05, 4.69) is 9.97 Å². The number of non-ortho nitro benzene ring substituents is 2. The van der Waals surface area contributed by atoms with Crippen molar-refractivity contribution in [2.75, 3.05) is 0 Å². The van der Waals surface area contributed by atoms with Crippen LogP contribution in [0.2, 0.25) is 0 Å². The van der Waals surface area contributed by atoms with Crippen LogP contribution in [-0.2, 0) is 0 Å². The van der Waals surface area contributed by atoms with Gasteiger partial charge in [-0.15, -0.1) is 0 Å². The summed E-state index contributed by atoms with van der Waals surface area (Å²) < 4.78 is 2.00. The van der Waals surface area contributed by atoms with E-state index >= 15 is 0 Å². The first kappa shape index (κ1) is 18.4. The minimum absolute atomic E-state index is 0.00626. The Labute approximate surface area is 168 Å². The summed E-state index contributed by atoms with van der Waals surface area (Å²) in [5.41, 5.74) is 4.08. The van der Waals surface area contributed by atoms with Crippen molar-refractivity contribution in [2.24, 2.45) is 0 Å². The molecule has 0 atom stereocenters. The molecule has 0 bridgehead atoms. The highest BCUT2D eigenvalue weighted by atomic mass is 32.1. The largest absolute Gasteiger partial charge is 0.339 e. The maximum atomic E-state index is 11.1. The summed E-state index contributed by atoms with van der Waals surface area (Å²) in [7, 11) is 0. The Hall–Kier alpha value is -3.92. The Morgan fingerprint density at radius 3 is 2.45 bits per heavy atom. The second kappa shape index (κ2) is 6.91. The number of rotatable bonds is 4. The zero-order valence-electron chi connectivity index (χ0n) is 15.0. The highest BCUT2D eigenvalue weighted by Crippen LogP contribution is 2.31. The fraction of sp³-hybridized carbons (Fsp3) is 0.0526. The third-order valence-electron chi connectivity index (χ3n) is 4.60. The third kappa shape index (κ3) is 3.25. The van der Waals surface area contributed by atoms with Crippen LogP contribution in [0.4, 0.5) is 11.4 Å². The summed E-state index contributed by atoms with van der Waals surface area (Å²) in [5.74, 6) is 0. The van der Waals surface area contributed by atoms with Crippen molar-refractivity contribution in [3.63, 3.8) is 0 Å². The van der Waals surface area contributed by atoms with E-state index in [1.54, 1.807) is 41.9 Å². The van der Waals surface area contributed by atoms with Gasteiger partial charge < -0.3 is 4.98 Å². The Morgan fingerprint density at radius 1 is 1.03 bits per heavy atom. The first-order valence-corrected chi connectivity index (χ1v) is 8.86. The van der Waals surface area contributed by atoms with Gasteiger partial charge in [0.25, 0.3) is 11.4 Å². The van der Waals surface area contributed by atoms with Crippen molar-refractivity contribution in [3.8, 4) is 22.4 Å². The maximum absolute atomic E-state index is 11.1. The van der Waals surface area contributed by atoms with Gasteiger partial charge in [0.15, 0.2) is 0 Å². The van der Waals surface area contributed by atoms with Gasteiger partial charge in [-0.05, 0) is 36.3 Å². The number of nitrogens with zero attached hydrogens (tertiary/aromatic N) is 4. The molecule has 2 aromatic carbocycles. The van der Waals surface area contributed by atoms with Gasteiger partial charge in [0, 0.05) is 47.8 Å². The lowest BCUT2D eigenvalue weighted by Gasteiger charge is -2.07. The lowest BCUT2D eigenvalue weighted by molar-refractivity contribution is -0.385. The van der Waals surface area contributed by atoms with Crippen molar-refractivity contribution in [2.45, 2.75) is 6.92 Å². The van der Waals surface area contributed by atoms with Crippen LogP contribution in [0.3, 0.4) is 0 Å². The number of hydrogen-bond donors (Lipinski definition) is 1. The lowest BCUT2D eigenvalue weighted by Crippen LogP contribution is -1.95. The number of benzene rings is 2. The molecule has 9 nitrogen and oxygen atoms in total. The zero-order chi connectivity index (χ0) is 20.7. The van der Waals surface area contributed by atoms with E-state index in [4.69, 9.17) is 12.2 Å². The van der Waals surface area contributed by atoms with Crippen molar-refractivity contribution in [3.05, 3.63) is 85.4 Å². The van der Waals surface area contributed by atoms with Crippen LogP contribution in [-0.4, -0.2) is 24.2 Å². The lowest BCUT2D eigenvalue weighted by atomic mass is 10.0. The fourth-order valence-electron chi connectivity index (χ4n) is 3.20. The van der Waals surface area contributed by atoms with Crippen molar-refractivity contribution in [1.82, 2.24) is 14.4 Å². The molecule has 0 spiro atoms. The van der Waals surface area contributed by atoms with Gasteiger partial charge in [0.05, 0.1) is 15.5 Å². The average molecular weight is 407 g/mol. The van der Waals surface area contributed by atoms with Crippen LogP contribution in [0.25, 0.3) is 28.0 Å². The molecule has 2 aromatic heterocycles. The van der Waals surface area contributed by atoms with E-state index in [-0.39, 0.29) is 11.4 Å². The number of aromatic amines is 1. The van der Waals surface area contributed by atoms with Crippen LogP contribution in [0.15, 0.2) is 54.9 Å². The van der Waals surface area contributed by atoms with E-state index < -0.39 is 9.85 Å². The minimum Gasteiger partial charge on any atom is -0.339 e. The predicted octanol–water partition coefficient (Wildman–Crippen LogP) is 4.85. The van der Waals surface area contributed by atoms with E-state index in [1.165, 1.54) is 24.3 Å². The summed E-state index contributed by atoms with van der Waals surface area (Å²) in [6, 6.07) is 10.9. The topological polar surface area (TPSA) is 119 Å². The SMILES string of the molecule is Cc1cc([N+](=O)[O-])ccc1-c1cnc(=S)n2cc(-c3cccc([N+](=O)[O-])c3)[nH]c12. The maximum Gasteiger partial charge on any atom is 0.270 e. The number of imidazole rings is 1. The first-order valence-electron chi connectivity index (χ1n) is 8.46. The smallest absolute Gasteiger partial charge is 0.270 e. The molecule has 4 aromatic rings. The standard InChI is InChI=1S/C19H13N5O4S/c1-11-7-14(24(27)28)5-6-15(11)16-9-20-19(29)22-10-17(21-18(16)22)12-3-2-4-13(8-12)23(25)26/h2-10,21H,1H3. The van der Waals surface area contributed by atoms with E-state index in [9.17, 15) is 20.2 Å². The Kier molecular flexibility index (Phi) is 4.40. The number of H-pyrrole nitrogens is 1. The number of nitrogens with one attached hydrogen (secondary N) is 1. The third-order valence-corrected chi connectivity index (χ3v) is 4.90. The molecular formula is C19H13N5O4S. The molecule has 0 radical (unpaired) electrons. The number of aryl methyl sites for hydroxylation is 1. The predicted molar refractivity (Wildman–Crippen MR) is 109 cm³/mol. The summed E-state index contributed by atoms with van der Waals surface area (Å²) in [5, 5.41) is 22.1. The van der Waals surface area contributed by atoms with Crippen molar-refractivity contribution < 1.29 is 9.85 Å². The van der Waals surface area contributed by atoms with Crippen LogP contribution in [0.5, 0.6) is 0 Å². The molecule has 0 aliphatic carbocycles. The Bertz CT molecular complexity index is 1360. The van der Waals surface area contributed by atoms with Crippen LogP contribution in [0.1, 0.15) is 5.56 Å². The molecule has 0 aliphatic rings. The van der Waals surface area contributed by atoms with Gasteiger partial charge in [-0.1, -0.05) is 12.1 Å². The fourth-order valence-corrected chi connectivity index (χ4v) is 3.40. The van der Waals surface area contributed by atoms with Crippen molar-refractivity contribution >= 4 is 29.2 Å². The van der Waals surface area contributed by atoms with Gasteiger partial charge in [-0.25, -0.2) is 4.98 Å². The van der Waals surface area contributed by atoms with Gasteiger partial charge in [0.2, 0.25) is 4.77 Å². The minimum atomic E-state index is -0.453. The van der Waals surface area contributed by atoms with Crippen LogP contribution >= 0.6 is 12.2 Å². The molecule has 0 amide bonds. The summed E-state index contributed by atoms with van der Waals surface area (Å²) in [4.78, 5) is 28.7. The number of hydrogen-bond acceptors (Lipinski definition) is 6. The molecule has 0 saturated heterocycles. The second-order valence-electron chi connectivity index (χ2n) is 6.40. The van der Waals surface area contributed by atoms with E-state index in [0.29, 0.717) is 32.8 Å². The number of aromatic nitrogens is 3. The summed E-state index contributed by atoms with van der Waals surface area (Å²) >= 11 is 5.32.